The summed E-state index contributed by atoms with van der Waals surface area (Å²) in [6.45, 7) is 0. The van der Waals surface area contributed by atoms with Crippen molar-refractivity contribution in [3.8, 4) is 0 Å². The molecule has 0 atom stereocenters. The van der Waals surface area contributed by atoms with Crippen molar-refractivity contribution >= 4 is 35.0 Å². The fourth-order valence-corrected chi connectivity index (χ4v) is 4.23. The number of hydrogen-bond donors (Lipinski definition) is 2. The van der Waals surface area contributed by atoms with E-state index in [1.807, 2.05) is 48.5 Å². The molecule has 0 radical (unpaired) electrons. The number of carbonyl (C=O) groups is 1. The van der Waals surface area contributed by atoms with E-state index in [-0.39, 0.29) is 11.1 Å². The van der Waals surface area contributed by atoms with Gasteiger partial charge in [-0.2, -0.15) is 0 Å². The highest BCUT2D eigenvalue weighted by Crippen LogP contribution is 2.33. The number of pyridine rings is 1. The molecule has 0 fully saturated rings. The first kappa shape index (κ1) is 17.9. The predicted octanol–water partition coefficient (Wildman–Crippen LogP) is 4.92. The van der Waals surface area contributed by atoms with Crippen LogP contribution in [0.5, 0.6) is 0 Å². The van der Waals surface area contributed by atoms with Gasteiger partial charge in [-0.15, -0.1) is 0 Å². The molecule has 0 saturated carbocycles. The molecule has 0 unspecified atom stereocenters. The molecule has 4 nitrogen and oxygen atoms in total. The molecule has 27 heavy (non-hydrogen) atoms. The van der Waals surface area contributed by atoms with E-state index in [2.05, 4.69) is 10.3 Å². The van der Waals surface area contributed by atoms with E-state index in [9.17, 15) is 9.59 Å². The lowest BCUT2D eigenvalue weighted by Gasteiger charge is -2.08. The number of fused-ring (bicyclic) bond motifs is 1. The minimum absolute atomic E-state index is 0.158. The van der Waals surface area contributed by atoms with Crippen LogP contribution in [0.15, 0.2) is 69.2 Å². The van der Waals surface area contributed by atoms with Gasteiger partial charge in [0.15, 0.2) is 0 Å². The van der Waals surface area contributed by atoms with Gasteiger partial charge < -0.3 is 10.3 Å². The smallest absolute Gasteiger partial charge is 0.261 e. The second kappa shape index (κ2) is 7.62. The van der Waals surface area contributed by atoms with Crippen molar-refractivity contribution in [2.45, 2.75) is 29.1 Å². The van der Waals surface area contributed by atoms with Crippen molar-refractivity contribution in [1.82, 2.24) is 4.98 Å². The van der Waals surface area contributed by atoms with E-state index in [4.69, 9.17) is 11.6 Å². The Morgan fingerprint density at radius 2 is 1.85 bits per heavy atom. The summed E-state index contributed by atoms with van der Waals surface area (Å²) in [4.78, 5) is 29.5. The number of hydrogen-bond acceptors (Lipinski definition) is 3. The molecule has 6 heteroatoms. The van der Waals surface area contributed by atoms with Gasteiger partial charge in [0, 0.05) is 21.2 Å². The first-order valence-corrected chi connectivity index (χ1v) is 9.88. The van der Waals surface area contributed by atoms with E-state index in [1.165, 1.54) is 0 Å². The normalized spacial score (nSPS) is 12.6. The number of rotatable bonds is 4. The van der Waals surface area contributed by atoms with E-state index in [1.54, 1.807) is 17.8 Å². The minimum Gasteiger partial charge on any atom is -0.325 e. The maximum absolute atomic E-state index is 12.5. The van der Waals surface area contributed by atoms with Crippen LogP contribution in [0.3, 0.4) is 0 Å². The van der Waals surface area contributed by atoms with E-state index in [0.717, 1.165) is 40.3 Å². The van der Waals surface area contributed by atoms with Crippen LogP contribution in [0.25, 0.3) is 0 Å². The van der Waals surface area contributed by atoms with E-state index in [0.29, 0.717) is 10.7 Å². The highest BCUT2D eigenvalue weighted by Gasteiger charge is 2.18. The molecule has 0 spiro atoms. The number of H-pyrrole nitrogens is 1. The number of aromatic nitrogens is 1. The van der Waals surface area contributed by atoms with Crippen LogP contribution >= 0.6 is 23.4 Å². The number of anilines is 1. The van der Waals surface area contributed by atoms with Gasteiger partial charge >= 0.3 is 0 Å². The van der Waals surface area contributed by atoms with Crippen molar-refractivity contribution in [3.05, 3.63) is 86.8 Å². The molecular formula is C21H17ClN2O2S. The maximum Gasteiger partial charge on any atom is 0.261 e. The Morgan fingerprint density at radius 1 is 1.07 bits per heavy atom. The molecule has 0 bridgehead atoms. The summed E-state index contributed by atoms with van der Waals surface area (Å²) in [6, 6.07) is 16.8. The average molecular weight is 397 g/mol. The highest BCUT2D eigenvalue weighted by atomic mass is 35.5. The van der Waals surface area contributed by atoms with E-state index >= 15 is 0 Å². The van der Waals surface area contributed by atoms with E-state index < -0.39 is 5.91 Å². The fourth-order valence-electron chi connectivity index (χ4n) is 3.14. The van der Waals surface area contributed by atoms with Crippen LogP contribution in [0, 0.1) is 0 Å². The molecule has 1 amide bonds. The number of halogens is 1. The molecule has 0 aliphatic heterocycles. The van der Waals surface area contributed by atoms with Gasteiger partial charge in [-0.1, -0.05) is 35.5 Å². The van der Waals surface area contributed by atoms with Gasteiger partial charge in [0.1, 0.15) is 5.56 Å². The fraction of sp³-hybridized carbons (Fsp3) is 0.143. The summed E-state index contributed by atoms with van der Waals surface area (Å²) in [7, 11) is 0. The third-order valence-corrected chi connectivity index (χ3v) is 6.03. The number of aromatic amines is 1. The molecule has 1 aromatic heterocycles. The lowest BCUT2D eigenvalue weighted by atomic mass is 10.1. The van der Waals surface area contributed by atoms with Crippen LogP contribution < -0.4 is 10.9 Å². The summed E-state index contributed by atoms with van der Waals surface area (Å²) in [6.07, 6.45) is 2.79. The number of nitrogens with one attached hydrogen (secondary N) is 2. The molecule has 2 N–H and O–H groups in total. The van der Waals surface area contributed by atoms with Crippen LogP contribution in [-0.4, -0.2) is 10.9 Å². The zero-order chi connectivity index (χ0) is 18.8. The summed E-state index contributed by atoms with van der Waals surface area (Å²) < 4.78 is 0. The van der Waals surface area contributed by atoms with Crippen molar-refractivity contribution < 1.29 is 4.79 Å². The van der Waals surface area contributed by atoms with Crippen LogP contribution in [0.1, 0.15) is 28.0 Å². The predicted molar refractivity (Wildman–Crippen MR) is 109 cm³/mol. The van der Waals surface area contributed by atoms with Crippen LogP contribution in [-0.2, 0) is 12.8 Å². The number of benzene rings is 2. The van der Waals surface area contributed by atoms with Gasteiger partial charge in [0.2, 0.25) is 0 Å². The SMILES string of the molecule is O=C(Nc1ccc(Sc2ccccc2Cl)cc1)c1cc2c([nH]c1=O)CCC2. The molecule has 0 saturated heterocycles. The van der Waals surface area contributed by atoms with Crippen molar-refractivity contribution in [1.29, 1.82) is 0 Å². The Hall–Kier alpha value is -2.50. The summed E-state index contributed by atoms with van der Waals surface area (Å²) in [5.74, 6) is -0.391. The molecular weight excluding hydrogens is 380 g/mol. The molecule has 136 valence electrons. The molecule has 4 rings (SSSR count). The Kier molecular flexibility index (Phi) is 5.05. The summed E-state index contributed by atoms with van der Waals surface area (Å²) >= 11 is 7.74. The van der Waals surface area contributed by atoms with Crippen molar-refractivity contribution in [2.75, 3.05) is 5.32 Å². The zero-order valence-electron chi connectivity index (χ0n) is 14.4. The zero-order valence-corrected chi connectivity index (χ0v) is 16.0. The monoisotopic (exact) mass is 396 g/mol. The molecule has 1 heterocycles. The number of amides is 1. The number of aryl methyl sites for hydroxylation is 2. The number of carbonyl (C=O) groups excluding carboxylic acids is 1. The van der Waals surface area contributed by atoms with Gasteiger partial charge in [-0.3, -0.25) is 9.59 Å². The Morgan fingerprint density at radius 3 is 2.63 bits per heavy atom. The topological polar surface area (TPSA) is 62.0 Å². The molecule has 2 aromatic carbocycles. The van der Waals surface area contributed by atoms with Crippen LogP contribution in [0.4, 0.5) is 5.69 Å². The quantitative estimate of drug-likeness (QED) is 0.657. The standard InChI is InChI=1S/C21H17ClN2O2S/c22-17-5-1-2-7-19(17)27-15-10-8-14(9-11-15)23-20(25)16-12-13-4-3-6-18(13)24-21(16)26/h1-2,5,7-12H,3-4,6H2,(H,23,25)(H,24,26). The van der Waals surface area contributed by atoms with Crippen molar-refractivity contribution in [2.24, 2.45) is 0 Å². The maximum atomic E-state index is 12.5. The first-order valence-electron chi connectivity index (χ1n) is 8.69. The van der Waals surface area contributed by atoms with Gasteiger partial charge in [-0.25, -0.2) is 0 Å². The second-order valence-electron chi connectivity index (χ2n) is 6.38. The lowest BCUT2D eigenvalue weighted by molar-refractivity contribution is 0.102. The third-order valence-electron chi connectivity index (χ3n) is 4.51. The van der Waals surface area contributed by atoms with Gasteiger partial charge in [-0.05, 0) is 67.3 Å². The van der Waals surface area contributed by atoms with Crippen molar-refractivity contribution in [3.63, 3.8) is 0 Å². The lowest BCUT2D eigenvalue weighted by Crippen LogP contribution is -2.24. The Bertz CT molecular complexity index is 1060. The van der Waals surface area contributed by atoms with Gasteiger partial charge in [0.25, 0.3) is 11.5 Å². The Balaban J connectivity index is 1.48. The Labute approximate surface area is 166 Å². The first-order chi connectivity index (χ1) is 13.1. The highest BCUT2D eigenvalue weighted by molar-refractivity contribution is 7.99. The summed E-state index contributed by atoms with van der Waals surface area (Å²) in [5, 5.41) is 3.50. The molecule has 1 aliphatic rings. The minimum atomic E-state index is -0.391. The largest absolute Gasteiger partial charge is 0.325 e. The average Bonchev–Trinajstić information content (AvgIpc) is 3.11. The molecule has 1 aliphatic carbocycles. The third kappa shape index (κ3) is 3.94. The van der Waals surface area contributed by atoms with Crippen LogP contribution in [0.2, 0.25) is 5.02 Å². The molecule has 3 aromatic rings. The van der Waals surface area contributed by atoms with Gasteiger partial charge in [0.05, 0.1) is 5.02 Å². The second-order valence-corrected chi connectivity index (χ2v) is 7.90. The summed E-state index contributed by atoms with van der Waals surface area (Å²) in [5.41, 5.74) is 2.48.